The van der Waals surface area contributed by atoms with Crippen molar-refractivity contribution >= 4 is 33.7 Å². The Labute approximate surface area is 133 Å². The van der Waals surface area contributed by atoms with Crippen LogP contribution in [-0.2, 0) is 0 Å². The van der Waals surface area contributed by atoms with E-state index in [2.05, 4.69) is 11.1 Å². The Morgan fingerprint density at radius 3 is 2.73 bits per heavy atom. The topological polar surface area (TPSA) is 31.4 Å². The van der Waals surface area contributed by atoms with E-state index in [0.29, 0.717) is 6.61 Å². The number of nitrogens with zero attached hydrogens (tertiary/aromatic N) is 1. The molecule has 3 aromatic rings. The third-order valence-corrected chi connectivity index (χ3v) is 4.22. The Balaban J connectivity index is 1.86. The first-order chi connectivity index (χ1) is 10.8. The van der Waals surface area contributed by atoms with Crippen molar-refractivity contribution in [2.45, 2.75) is 6.92 Å². The fourth-order valence-corrected chi connectivity index (χ4v) is 3.06. The van der Waals surface area contributed by atoms with E-state index in [-0.39, 0.29) is 0 Å². The molecule has 1 aromatic heterocycles. The number of thiazole rings is 1. The zero-order valence-electron chi connectivity index (χ0n) is 12.6. The first-order valence-electron chi connectivity index (χ1n) is 7.14. The molecule has 0 bridgehead atoms. The van der Waals surface area contributed by atoms with Crippen molar-refractivity contribution in [1.82, 2.24) is 4.98 Å². The van der Waals surface area contributed by atoms with Gasteiger partial charge in [-0.2, -0.15) is 0 Å². The molecule has 2 aromatic carbocycles. The van der Waals surface area contributed by atoms with Crippen molar-refractivity contribution in [3.63, 3.8) is 0 Å². The Morgan fingerprint density at radius 1 is 1.09 bits per heavy atom. The molecule has 4 heteroatoms. The molecule has 0 saturated carbocycles. The van der Waals surface area contributed by atoms with Crippen LogP contribution in [0.25, 0.3) is 22.4 Å². The minimum Gasteiger partial charge on any atom is -0.493 e. The molecule has 3 nitrogen and oxygen atoms in total. The second-order valence-electron chi connectivity index (χ2n) is 4.70. The van der Waals surface area contributed by atoms with Gasteiger partial charge >= 0.3 is 0 Å². The molecule has 0 spiro atoms. The highest BCUT2D eigenvalue weighted by atomic mass is 32.1. The van der Waals surface area contributed by atoms with E-state index < -0.39 is 0 Å². The van der Waals surface area contributed by atoms with Crippen LogP contribution < -0.4 is 9.47 Å². The van der Waals surface area contributed by atoms with E-state index in [1.54, 1.807) is 18.4 Å². The molecule has 0 aliphatic carbocycles. The standard InChI is InChI=1S/C18H17NO2S/c1-3-21-16-12-13(8-10-15(16)20-2)9-11-18-19-14-6-4-5-7-17(14)22-18/h4-12H,3H2,1-2H3/b11-9+. The van der Waals surface area contributed by atoms with Gasteiger partial charge in [0.2, 0.25) is 0 Å². The van der Waals surface area contributed by atoms with Gasteiger partial charge in [0, 0.05) is 0 Å². The summed E-state index contributed by atoms with van der Waals surface area (Å²) in [4.78, 5) is 4.60. The molecule has 0 aliphatic rings. The molecule has 22 heavy (non-hydrogen) atoms. The predicted molar refractivity (Wildman–Crippen MR) is 92.7 cm³/mol. The van der Waals surface area contributed by atoms with Gasteiger partial charge < -0.3 is 9.47 Å². The number of fused-ring (bicyclic) bond motifs is 1. The van der Waals surface area contributed by atoms with Crippen LogP contribution in [0.4, 0.5) is 0 Å². The number of hydrogen-bond donors (Lipinski definition) is 0. The highest BCUT2D eigenvalue weighted by Gasteiger charge is 2.04. The van der Waals surface area contributed by atoms with E-state index in [4.69, 9.17) is 9.47 Å². The Morgan fingerprint density at radius 2 is 1.95 bits per heavy atom. The molecule has 1 heterocycles. The minimum absolute atomic E-state index is 0.612. The summed E-state index contributed by atoms with van der Waals surface area (Å²) in [5, 5.41) is 0.995. The van der Waals surface area contributed by atoms with Gasteiger partial charge in [-0.15, -0.1) is 11.3 Å². The maximum Gasteiger partial charge on any atom is 0.161 e. The van der Waals surface area contributed by atoms with E-state index >= 15 is 0 Å². The smallest absolute Gasteiger partial charge is 0.161 e. The lowest BCUT2D eigenvalue weighted by molar-refractivity contribution is 0.311. The molecule has 112 valence electrons. The monoisotopic (exact) mass is 311 g/mol. The van der Waals surface area contributed by atoms with Gasteiger partial charge in [-0.3, -0.25) is 0 Å². The van der Waals surface area contributed by atoms with Crippen LogP contribution in [-0.4, -0.2) is 18.7 Å². The quantitative estimate of drug-likeness (QED) is 0.673. The van der Waals surface area contributed by atoms with Gasteiger partial charge in [0.05, 0.1) is 23.9 Å². The second kappa shape index (κ2) is 6.62. The van der Waals surface area contributed by atoms with E-state index in [9.17, 15) is 0 Å². The van der Waals surface area contributed by atoms with E-state index in [1.807, 2.05) is 55.5 Å². The fourth-order valence-electron chi connectivity index (χ4n) is 2.19. The summed E-state index contributed by atoms with van der Waals surface area (Å²) in [7, 11) is 1.65. The van der Waals surface area contributed by atoms with Gasteiger partial charge in [-0.1, -0.05) is 24.3 Å². The molecule has 0 aliphatic heterocycles. The summed E-state index contributed by atoms with van der Waals surface area (Å²) in [5.41, 5.74) is 2.10. The molecule has 0 unspecified atom stereocenters. The Hall–Kier alpha value is -2.33. The van der Waals surface area contributed by atoms with Crippen LogP contribution in [0.3, 0.4) is 0 Å². The van der Waals surface area contributed by atoms with Crippen LogP contribution >= 0.6 is 11.3 Å². The van der Waals surface area contributed by atoms with Crippen molar-refractivity contribution < 1.29 is 9.47 Å². The van der Waals surface area contributed by atoms with Gasteiger partial charge in [0.15, 0.2) is 11.5 Å². The molecule has 3 rings (SSSR count). The third-order valence-electron chi connectivity index (χ3n) is 3.22. The normalized spacial score (nSPS) is 11.2. The number of aromatic nitrogens is 1. The zero-order chi connectivity index (χ0) is 15.4. The Kier molecular flexibility index (Phi) is 4.39. The second-order valence-corrected chi connectivity index (χ2v) is 5.76. The van der Waals surface area contributed by atoms with E-state index in [1.165, 1.54) is 4.70 Å². The summed E-state index contributed by atoms with van der Waals surface area (Å²) in [6.45, 7) is 2.57. The van der Waals surface area contributed by atoms with Gasteiger partial charge in [-0.25, -0.2) is 4.98 Å². The van der Waals surface area contributed by atoms with Crippen molar-refractivity contribution in [1.29, 1.82) is 0 Å². The van der Waals surface area contributed by atoms with Crippen LogP contribution in [0, 0.1) is 0 Å². The van der Waals surface area contributed by atoms with Gasteiger partial charge in [0.25, 0.3) is 0 Å². The van der Waals surface area contributed by atoms with Gasteiger partial charge in [0.1, 0.15) is 5.01 Å². The summed E-state index contributed by atoms with van der Waals surface area (Å²) in [6, 6.07) is 14.1. The van der Waals surface area contributed by atoms with Crippen LogP contribution in [0.2, 0.25) is 0 Å². The molecular formula is C18H17NO2S. The first-order valence-corrected chi connectivity index (χ1v) is 7.96. The summed E-state index contributed by atoms with van der Waals surface area (Å²) >= 11 is 1.68. The fraction of sp³-hybridized carbons (Fsp3) is 0.167. The van der Waals surface area contributed by atoms with Crippen LogP contribution in [0.15, 0.2) is 42.5 Å². The predicted octanol–water partition coefficient (Wildman–Crippen LogP) is 4.87. The van der Waals surface area contributed by atoms with Crippen molar-refractivity contribution in [2.24, 2.45) is 0 Å². The Bertz CT molecular complexity index is 775. The van der Waals surface area contributed by atoms with Gasteiger partial charge in [-0.05, 0) is 42.8 Å². The van der Waals surface area contributed by atoms with E-state index in [0.717, 1.165) is 27.6 Å². The molecule has 0 saturated heterocycles. The number of benzene rings is 2. The largest absolute Gasteiger partial charge is 0.493 e. The maximum absolute atomic E-state index is 5.60. The molecule has 0 radical (unpaired) electrons. The lowest BCUT2D eigenvalue weighted by Crippen LogP contribution is -1.95. The molecule has 0 N–H and O–H groups in total. The number of methoxy groups -OCH3 is 1. The first kappa shape index (κ1) is 14.6. The number of hydrogen-bond acceptors (Lipinski definition) is 4. The van der Waals surface area contributed by atoms with Crippen LogP contribution in [0.1, 0.15) is 17.5 Å². The average Bonchev–Trinajstić information content (AvgIpc) is 2.96. The molecule has 0 atom stereocenters. The van der Waals surface area contributed by atoms with Crippen molar-refractivity contribution in [3.8, 4) is 11.5 Å². The van der Waals surface area contributed by atoms with Crippen molar-refractivity contribution in [3.05, 3.63) is 53.0 Å². The number of ether oxygens (including phenoxy) is 2. The average molecular weight is 311 g/mol. The van der Waals surface area contributed by atoms with Crippen molar-refractivity contribution in [2.75, 3.05) is 13.7 Å². The number of para-hydroxylation sites is 1. The summed E-state index contributed by atoms with van der Waals surface area (Å²) < 4.78 is 12.1. The number of rotatable bonds is 5. The minimum atomic E-state index is 0.612. The third kappa shape index (κ3) is 3.12. The summed E-state index contributed by atoms with van der Waals surface area (Å²) in [5.74, 6) is 1.51. The maximum atomic E-state index is 5.60. The summed E-state index contributed by atoms with van der Waals surface area (Å²) in [6.07, 6.45) is 4.07. The lowest BCUT2D eigenvalue weighted by atomic mass is 10.2. The highest BCUT2D eigenvalue weighted by Crippen LogP contribution is 2.29. The SMILES string of the molecule is CCOc1cc(/C=C/c2nc3ccccc3s2)ccc1OC. The molecule has 0 fully saturated rings. The molecule has 0 amide bonds. The lowest BCUT2D eigenvalue weighted by Gasteiger charge is -2.09. The molecular weight excluding hydrogens is 294 g/mol. The highest BCUT2D eigenvalue weighted by molar-refractivity contribution is 7.19. The van der Waals surface area contributed by atoms with Crippen LogP contribution in [0.5, 0.6) is 11.5 Å². The zero-order valence-corrected chi connectivity index (χ0v) is 13.4.